The molecule has 0 aliphatic heterocycles. The quantitative estimate of drug-likeness (QED) is 0.0833. The van der Waals surface area contributed by atoms with Crippen LogP contribution >= 0.6 is 22.6 Å². The van der Waals surface area contributed by atoms with Gasteiger partial charge in [-0.15, -0.1) is 0 Å². The fourth-order valence-corrected chi connectivity index (χ4v) is 13.9. The first-order valence-corrected chi connectivity index (χ1v) is 21.3. The molecular formula is C21H20F17IOSn. The molecule has 0 amide bonds. The first-order valence-electron chi connectivity index (χ1n) is 10.9. The van der Waals surface area contributed by atoms with Crippen LogP contribution in [0, 0.1) is 0 Å². The number of rotatable bonds is 13. The Hall–Kier alpha value is -0.641. The molecule has 1 atom stereocenters. The Morgan fingerprint density at radius 1 is 0.659 bits per heavy atom. The van der Waals surface area contributed by atoms with Crippen molar-refractivity contribution in [2.45, 2.75) is 78.7 Å². The SMILES string of the molecule is COc1cccc[c]1[Sn]([CH3])([CH3])[CH2]CC(I)CC(F)(F)C(F)(F)C(F)(F)C(F)(F)C(F)(F)C(F)(F)C(F)(F)C(F)(F)F. The summed E-state index contributed by atoms with van der Waals surface area (Å²) in [6, 6.07) is 6.36. The van der Waals surface area contributed by atoms with Crippen LogP contribution in [-0.4, -0.2) is 77.0 Å². The van der Waals surface area contributed by atoms with Gasteiger partial charge in [-0.2, -0.15) is 13.2 Å². The molecule has 0 radical (unpaired) electrons. The van der Waals surface area contributed by atoms with Gasteiger partial charge in [0.25, 0.3) is 0 Å². The summed E-state index contributed by atoms with van der Waals surface area (Å²) in [5.41, 5.74) is 0. The van der Waals surface area contributed by atoms with Crippen LogP contribution in [0.1, 0.15) is 12.8 Å². The maximum absolute atomic E-state index is 14.3. The zero-order valence-corrected chi connectivity index (χ0v) is 25.7. The predicted octanol–water partition coefficient (Wildman–Crippen LogP) is 9.20. The number of hydrogen-bond acceptors (Lipinski definition) is 1. The summed E-state index contributed by atoms with van der Waals surface area (Å²) in [6.07, 6.45) is -10.6. The summed E-state index contributed by atoms with van der Waals surface area (Å²) in [5, 5.41) is 0. The number of methoxy groups -OCH3 is 1. The molecule has 1 aromatic carbocycles. The third-order valence-electron chi connectivity index (χ3n) is 6.18. The molecule has 0 saturated heterocycles. The van der Waals surface area contributed by atoms with Crippen LogP contribution in [0.15, 0.2) is 24.3 Å². The van der Waals surface area contributed by atoms with E-state index < -0.39 is 82.8 Å². The Bertz CT molecular complexity index is 1050. The molecule has 0 bridgehead atoms. The third-order valence-corrected chi connectivity index (χ3v) is 17.0. The number of ether oxygens (including phenoxy) is 1. The van der Waals surface area contributed by atoms with Crippen molar-refractivity contribution in [2.75, 3.05) is 7.11 Å². The molecule has 0 aliphatic rings. The van der Waals surface area contributed by atoms with Crippen molar-refractivity contribution in [3.63, 3.8) is 0 Å². The van der Waals surface area contributed by atoms with Gasteiger partial charge >= 0.3 is 227 Å². The first kappa shape index (κ1) is 38.4. The minimum atomic E-state index is -8.61. The van der Waals surface area contributed by atoms with Gasteiger partial charge in [0.2, 0.25) is 0 Å². The van der Waals surface area contributed by atoms with E-state index in [0.717, 1.165) is 22.6 Å². The van der Waals surface area contributed by atoms with Gasteiger partial charge in [-0.25, -0.2) is 0 Å². The van der Waals surface area contributed by atoms with E-state index in [1.165, 1.54) is 7.11 Å². The van der Waals surface area contributed by atoms with Crippen LogP contribution in [0.4, 0.5) is 74.6 Å². The summed E-state index contributed by atoms with van der Waals surface area (Å²) in [4.78, 5) is 3.46. The molecule has 1 unspecified atom stereocenters. The molecule has 0 saturated carbocycles. The molecule has 0 N–H and O–H groups in total. The second kappa shape index (κ2) is 11.7. The number of benzene rings is 1. The third kappa shape index (κ3) is 6.44. The molecule has 0 aliphatic carbocycles. The van der Waals surface area contributed by atoms with Crippen molar-refractivity contribution in [1.82, 2.24) is 0 Å². The number of hydrogen-bond donors (Lipinski definition) is 0. The Labute approximate surface area is 239 Å². The van der Waals surface area contributed by atoms with Crippen molar-refractivity contribution in [3.05, 3.63) is 24.3 Å². The summed E-state index contributed by atoms with van der Waals surface area (Å²) >= 11 is -2.47. The molecule has 41 heavy (non-hydrogen) atoms. The Balaban J connectivity index is 3.33. The van der Waals surface area contributed by atoms with Crippen molar-refractivity contribution in [3.8, 4) is 5.75 Å². The van der Waals surface area contributed by atoms with Crippen LogP contribution in [0.2, 0.25) is 14.3 Å². The van der Waals surface area contributed by atoms with E-state index in [-0.39, 0.29) is 4.44 Å². The average Bonchev–Trinajstić information content (AvgIpc) is 2.81. The van der Waals surface area contributed by atoms with E-state index in [1.54, 1.807) is 34.1 Å². The van der Waals surface area contributed by atoms with Gasteiger partial charge in [-0.3, -0.25) is 0 Å². The summed E-state index contributed by atoms with van der Waals surface area (Å²) in [6.45, 7) is 0. The normalized spacial score (nSPS) is 16.1. The zero-order valence-electron chi connectivity index (χ0n) is 20.7. The molecule has 0 fully saturated rings. The van der Waals surface area contributed by atoms with E-state index in [9.17, 15) is 74.6 Å². The van der Waals surface area contributed by atoms with Gasteiger partial charge in [0.05, 0.1) is 0 Å². The van der Waals surface area contributed by atoms with E-state index in [4.69, 9.17) is 4.74 Å². The van der Waals surface area contributed by atoms with Gasteiger partial charge in [0, 0.05) is 0 Å². The smallest absolute Gasteiger partial charge is 0.165 e. The van der Waals surface area contributed by atoms with Crippen molar-refractivity contribution >= 4 is 44.5 Å². The molecule has 1 aromatic rings. The summed E-state index contributed by atoms with van der Waals surface area (Å²) in [7, 11) is 1.31. The number of halogens is 18. The van der Waals surface area contributed by atoms with Crippen LogP contribution in [0.5, 0.6) is 5.75 Å². The maximum atomic E-state index is 14.3. The zero-order chi connectivity index (χ0) is 32.9. The van der Waals surface area contributed by atoms with E-state index in [0.29, 0.717) is 9.33 Å². The number of alkyl halides is 18. The molecule has 0 aromatic heterocycles. The molecule has 1 rings (SSSR count). The van der Waals surface area contributed by atoms with Crippen LogP contribution in [0.25, 0.3) is 0 Å². The monoisotopic (exact) mass is 858 g/mol. The van der Waals surface area contributed by atoms with Crippen molar-refractivity contribution in [1.29, 1.82) is 0 Å². The fourth-order valence-electron chi connectivity index (χ4n) is 3.56. The molecule has 1 nitrogen and oxygen atoms in total. The minimum absolute atomic E-state index is 0.0354. The van der Waals surface area contributed by atoms with Crippen molar-refractivity contribution < 1.29 is 79.4 Å². The Morgan fingerprint density at radius 3 is 1.46 bits per heavy atom. The number of para-hydroxylation sites is 1. The molecule has 0 heterocycles. The van der Waals surface area contributed by atoms with E-state index >= 15 is 0 Å². The van der Waals surface area contributed by atoms with Gasteiger partial charge in [0.1, 0.15) is 0 Å². The van der Waals surface area contributed by atoms with E-state index in [1.807, 2.05) is 0 Å². The van der Waals surface area contributed by atoms with Crippen LogP contribution < -0.4 is 8.32 Å². The average molecular weight is 857 g/mol. The van der Waals surface area contributed by atoms with Gasteiger partial charge in [-0.1, -0.05) is 0 Å². The second-order valence-corrected chi connectivity index (χ2v) is 25.1. The summed E-state index contributed by atoms with van der Waals surface area (Å²) < 4.78 is 233. The second-order valence-electron chi connectivity index (χ2n) is 9.57. The van der Waals surface area contributed by atoms with Crippen molar-refractivity contribution in [2.24, 2.45) is 0 Å². The van der Waals surface area contributed by atoms with Gasteiger partial charge < -0.3 is 0 Å². The van der Waals surface area contributed by atoms with Gasteiger partial charge in [0.15, 0.2) is 0 Å². The topological polar surface area (TPSA) is 9.23 Å². The van der Waals surface area contributed by atoms with E-state index in [2.05, 4.69) is 0 Å². The standard InChI is InChI=1S/C12H7F17I.C7H7O.2CH3.Sn/c1-2-4(30)3-5(13,14)6(15,16)7(17,18)8(19,20)9(21,22)10(23,24)11(25,26)12(27,28)29;1-8-7-5-3-2-4-6-7;;;/h4H,1-3H2;2-5H,1H3;2*1H3;. The van der Waals surface area contributed by atoms with Gasteiger partial charge in [-0.05, 0) is 0 Å². The fraction of sp³-hybridized carbons (Fsp3) is 0.714. The summed E-state index contributed by atoms with van der Waals surface area (Å²) in [5.74, 6) is -55.7. The van der Waals surface area contributed by atoms with Crippen LogP contribution in [0.3, 0.4) is 0 Å². The molecular weight excluding hydrogens is 837 g/mol. The van der Waals surface area contributed by atoms with Crippen LogP contribution in [-0.2, 0) is 0 Å². The Morgan fingerprint density at radius 2 is 1.05 bits per heavy atom. The molecule has 20 heteroatoms. The predicted molar refractivity (Wildman–Crippen MR) is 123 cm³/mol. The molecule has 0 spiro atoms. The minimum Gasteiger partial charge on any atom is -0.165 e. The first-order chi connectivity index (χ1) is 17.9. The Kier molecular flexibility index (Phi) is 11.0. The molecule has 240 valence electrons.